The molecule has 2 aromatic carbocycles. The van der Waals surface area contributed by atoms with Crippen LogP contribution in [0.25, 0.3) is 38.8 Å². The molecule has 5 heteroatoms. The Morgan fingerprint density at radius 3 is 2.73 bits per heavy atom. The van der Waals surface area contributed by atoms with Crippen LogP contribution in [-0.2, 0) is 6.54 Å². The number of rotatable bonds is 0. The molecule has 4 aromatic rings. The number of nitrogens with one attached hydrogen (secondary N) is 2. The number of carbonyl (C=O) groups excluding carboxylic acids is 2. The second kappa shape index (κ2) is 4.43. The van der Waals surface area contributed by atoms with E-state index in [0.29, 0.717) is 18.7 Å². The van der Waals surface area contributed by atoms with E-state index in [-0.39, 0.29) is 11.7 Å². The summed E-state index contributed by atoms with van der Waals surface area (Å²) in [7, 11) is 1.83. The zero-order chi connectivity index (χ0) is 17.6. The van der Waals surface area contributed by atoms with Crippen molar-refractivity contribution in [3.8, 4) is 0 Å². The molecular weight excluding hydrogens is 326 g/mol. The summed E-state index contributed by atoms with van der Waals surface area (Å²) in [6.07, 6.45) is 4.24. The highest BCUT2D eigenvalue weighted by molar-refractivity contribution is 6.27. The normalized spacial score (nSPS) is 16.3. The van der Waals surface area contributed by atoms with Gasteiger partial charge in [-0.1, -0.05) is 30.4 Å². The molecule has 2 N–H and O–H groups in total. The minimum absolute atomic E-state index is 0.0189. The predicted octanol–water partition coefficient (Wildman–Crippen LogP) is 3.99. The van der Waals surface area contributed by atoms with Gasteiger partial charge in [-0.05, 0) is 11.6 Å². The van der Waals surface area contributed by atoms with Gasteiger partial charge in [-0.2, -0.15) is 0 Å². The number of allylic oxidation sites excluding steroid dienone is 1. The van der Waals surface area contributed by atoms with Gasteiger partial charge in [0.1, 0.15) is 0 Å². The van der Waals surface area contributed by atoms with Gasteiger partial charge in [0.25, 0.3) is 5.91 Å². The summed E-state index contributed by atoms with van der Waals surface area (Å²) in [5.74, 6) is 0.0842. The van der Waals surface area contributed by atoms with E-state index in [1.54, 1.807) is 4.90 Å². The van der Waals surface area contributed by atoms with Crippen molar-refractivity contribution in [2.45, 2.75) is 13.0 Å². The fourth-order valence-electron chi connectivity index (χ4n) is 4.55. The number of aromatic nitrogens is 2. The van der Waals surface area contributed by atoms with Crippen molar-refractivity contribution in [3.63, 3.8) is 0 Å². The number of H-pyrrole nitrogens is 2. The van der Waals surface area contributed by atoms with Crippen molar-refractivity contribution in [2.24, 2.45) is 0 Å². The van der Waals surface area contributed by atoms with Crippen LogP contribution in [0.3, 0.4) is 0 Å². The van der Waals surface area contributed by atoms with Crippen LogP contribution in [0.1, 0.15) is 38.4 Å². The first-order chi connectivity index (χ1) is 12.6. The first-order valence-corrected chi connectivity index (χ1v) is 8.71. The first-order valence-electron chi connectivity index (χ1n) is 8.71. The third-order valence-electron chi connectivity index (χ3n) is 5.67. The van der Waals surface area contributed by atoms with Crippen LogP contribution in [0, 0.1) is 0 Å². The van der Waals surface area contributed by atoms with Crippen LogP contribution >= 0.6 is 0 Å². The van der Waals surface area contributed by atoms with Crippen LogP contribution in [0.5, 0.6) is 0 Å². The highest BCUT2D eigenvalue weighted by Gasteiger charge is 2.34. The smallest absolute Gasteiger partial charge is 0.254 e. The fraction of sp³-hybridized carbons (Fsp3) is 0.143. The van der Waals surface area contributed by atoms with Gasteiger partial charge in [-0.3, -0.25) is 9.59 Å². The second-order valence-corrected chi connectivity index (χ2v) is 7.13. The lowest BCUT2D eigenvalue weighted by Gasteiger charge is -2.06. The first kappa shape index (κ1) is 13.9. The summed E-state index contributed by atoms with van der Waals surface area (Å²) in [4.78, 5) is 34.0. The molecule has 2 aromatic heterocycles. The van der Waals surface area contributed by atoms with Crippen LogP contribution in [0.15, 0.2) is 30.3 Å². The van der Waals surface area contributed by atoms with Crippen molar-refractivity contribution < 1.29 is 9.59 Å². The molecule has 26 heavy (non-hydrogen) atoms. The molecule has 0 saturated carbocycles. The number of aromatic amines is 2. The number of fused-ring (bicyclic) bond motifs is 10. The lowest BCUT2D eigenvalue weighted by molar-refractivity contribution is 0.0817. The Morgan fingerprint density at radius 2 is 1.85 bits per heavy atom. The molecule has 2 aliphatic rings. The monoisotopic (exact) mass is 341 g/mol. The minimum Gasteiger partial charge on any atom is -0.353 e. The lowest BCUT2D eigenvalue weighted by atomic mass is 9.94. The largest absolute Gasteiger partial charge is 0.353 e. The number of ketones is 1. The molecule has 0 bridgehead atoms. The Balaban J connectivity index is 1.94. The molecule has 6 rings (SSSR count). The van der Waals surface area contributed by atoms with Gasteiger partial charge in [0.15, 0.2) is 5.78 Å². The van der Waals surface area contributed by atoms with E-state index in [4.69, 9.17) is 0 Å². The molecule has 1 aliphatic carbocycles. The second-order valence-electron chi connectivity index (χ2n) is 7.13. The van der Waals surface area contributed by atoms with Crippen molar-refractivity contribution >= 4 is 50.5 Å². The number of benzene rings is 2. The van der Waals surface area contributed by atoms with Gasteiger partial charge in [0, 0.05) is 47.3 Å². The van der Waals surface area contributed by atoms with E-state index in [0.717, 1.165) is 49.4 Å². The summed E-state index contributed by atoms with van der Waals surface area (Å²) in [5, 5.41) is 3.06. The number of carbonyl (C=O) groups is 2. The third kappa shape index (κ3) is 1.47. The van der Waals surface area contributed by atoms with E-state index >= 15 is 0 Å². The van der Waals surface area contributed by atoms with Gasteiger partial charge in [0.2, 0.25) is 0 Å². The molecule has 0 radical (unpaired) electrons. The zero-order valence-electron chi connectivity index (χ0n) is 14.1. The maximum Gasteiger partial charge on any atom is 0.254 e. The number of hydrogen-bond donors (Lipinski definition) is 2. The molecule has 5 nitrogen and oxygen atoms in total. The van der Waals surface area contributed by atoms with Crippen LogP contribution < -0.4 is 0 Å². The summed E-state index contributed by atoms with van der Waals surface area (Å²) < 4.78 is 0. The SMILES string of the molecule is CN1Cc2c(c3c4c([nH]c3c3[nH]c5ccccc5c23)C(=O)CC=C4)C1=O. The van der Waals surface area contributed by atoms with Crippen LogP contribution in [-0.4, -0.2) is 33.6 Å². The summed E-state index contributed by atoms with van der Waals surface area (Å²) in [6, 6.07) is 8.13. The quantitative estimate of drug-likeness (QED) is 0.508. The van der Waals surface area contributed by atoms with Crippen LogP contribution in [0.4, 0.5) is 0 Å². The fourth-order valence-corrected chi connectivity index (χ4v) is 4.55. The van der Waals surface area contributed by atoms with E-state index < -0.39 is 0 Å². The van der Waals surface area contributed by atoms with E-state index in [1.807, 2.05) is 37.4 Å². The summed E-state index contributed by atoms with van der Waals surface area (Å²) in [5.41, 5.74) is 6.09. The topological polar surface area (TPSA) is 69.0 Å². The number of Topliss-reactive ketones (excluding diaryl/α,β-unsaturated/α-hetero) is 1. The Bertz CT molecular complexity index is 1340. The standard InChI is InChI=1S/C21H15N3O2/c1-24-9-12-15-10-5-2-3-7-13(10)22-19(15)20-16(17(12)21(24)26)11-6-4-8-14(25)18(11)23-20/h2-7,22-23H,8-9H2,1H3. The number of amides is 1. The summed E-state index contributed by atoms with van der Waals surface area (Å²) >= 11 is 0. The van der Waals surface area contributed by atoms with Crippen molar-refractivity contribution in [3.05, 3.63) is 52.7 Å². The van der Waals surface area contributed by atoms with Crippen molar-refractivity contribution in [1.29, 1.82) is 0 Å². The molecule has 0 unspecified atom stereocenters. The maximum absolute atomic E-state index is 13.0. The van der Waals surface area contributed by atoms with E-state index in [1.165, 1.54) is 0 Å². The lowest BCUT2D eigenvalue weighted by Crippen LogP contribution is -2.17. The molecule has 1 amide bonds. The average molecular weight is 341 g/mol. The summed E-state index contributed by atoms with van der Waals surface area (Å²) in [6.45, 7) is 0.583. The zero-order valence-corrected chi connectivity index (χ0v) is 14.1. The van der Waals surface area contributed by atoms with Crippen molar-refractivity contribution in [2.75, 3.05) is 7.05 Å². The van der Waals surface area contributed by atoms with Gasteiger partial charge >= 0.3 is 0 Å². The van der Waals surface area contributed by atoms with Gasteiger partial charge in [-0.15, -0.1) is 0 Å². The van der Waals surface area contributed by atoms with Crippen LogP contribution in [0.2, 0.25) is 0 Å². The number of para-hydroxylation sites is 1. The number of hydrogen-bond acceptors (Lipinski definition) is 2. The van der Waals surface area contributed by atoms with Gasteiger partial charge in [0.05, 0.1) is 22.3 Å². The van der Waals surface area contributed by atoms with Gasteiger partial charge in [-0.25, -0.2) is 0 Å². The maximum atomic E-state index is 13.0. The van der Waals surface area contributed by atoms with E-state index in [2.05, 4.69) is 16.0 Å². The Morgan fingerprint density at radius 1 is 1.04 bits per heavy atom. The Kier molecular flexibility index (Phi) is 2.37. The highest BCUT2D eigenvalue weighted by Crippen LogP contribution is 2.43. The Labute approximate surface area is 148 Å². The molecule has 0 atom stereocenters. The molecule has 1 aliphatic heterocycles. The molecule has 0 fully saturated rings. The number of nitrogens with zero attached hydrogens (tertiary/aromatic N) is 1. The average Bonchev–Trinajstić information content (AvgIpc) is 3.28. The molecular formula is C21H15N3O2. The molecule has 126 valence electrons. The van der Waals surface area contributed by atoms with Crippen molar-refractivity contribution in [1.82, 2.24) is 14.9 Å². The minimum atomic E-state index is 0.0189. The molecule has 3 heterocycles. The van der Waals surface area contributed by atoms with E-state index in [9.17, 15) is 9.59 Å². The molecule has 0 saturated heterocycles. The molecule has 0 spiro atoms. The Hall–Kier alpha value is -3.34. The third-order valence-corrected chi connectivity index (χ3v) is 5.67. The highest BCUT2D eigenvalue weighted by atomic mass is 16.2. The van der Waals surface area contributed by atoms with Gasteiger partial charge < -0.3 is 14.9 Å². The predicted molar refractivity (Wildman–Crippen MR) is 101 cm³/mol.